The number of hydrogen-bond donors (Lipinski definition) is 6. The maximum Gasteiger partial charge on any atom is 0.224 e. The molecular weight excluding hydrogens is 356 g/mol. The van der Waals surface area contributed by atoms with E-state index in [9.17, 15) is 30.6 Å². The Hall–Kier alpha value is -0.440. The van der Waals surface area contributed by atoms with Crippen LogP contribution in [0.3, 0.4) is 0 Å². The molecular formula is C15H26O11. The van der Waals surface area contributed by atoms with Gasteiger partial charge in [-0.25, -0.2) is 0 Å². The summed E-state index contributed by atoms with van der Waals surface area (Å²) in [6, 6.07) is 0. The fourth-order valence-electron chi connectivity index (χ4n) is 3.33. The lowest BCUT2D eigenvalue weighted by molar-refractivity contribution is -0.374. The van der Waals surface area contributed by atoms with Crippen molar-refractivity contribution in [2.24, 2.45) is 0 Å². The summed E-state index contributed by atoms with van der Waals surface area (Å²) in [7, 11) is 0. The van der Waals surface area contributed by atoms with Gasteiger partial charge in [0.25, 0.3) is 0 Å². The Morgan fingerprint density at radius 3 is 2.27 bits per heavy atom. The fraction of sp³-hybridized carbons (Fsp3) is 1.00. The first-order valence-electron chi connectivity index (χ1n) is 8.40. The molecule has 9 atom stereocenters. The number of aliphatic hydroxyl groups is 6. The highest BCUT2D eigenvalue weighted by atomic mass is 16.8. The molecule has 0 bridgehead atoms. The quantitative estimate of drug-likeness (QED) is 0.285. The first-order chi connectivity index (χ1) is 12.1. The van der Waals surface area contributed by atoms with Crippen LogP contribution >= 0.6 is 0 Å². The second-order valence-corrected chi connectivity index (χ2v) is 7.22. The normalized spacial score (nSPS) is 51.7. The molecule has 0 aliphatic carbocycles. The van der Waals surface area contributed by atoms with Gasteiger partial charge in [-0.05, 0) is 13.8 Å². The summed E-state index contributed by atoms with van der Waals surface area (Å²) in [5.74, 6) is -2.58. The summed E-state index contributed by atoms with van der Waals surface area (Å²) in [5, 5.41) is 59.8. The molecule has 152 valence electrons. The second-order valence-electron chi connectivity index (χ2n) is 7.22. The maximum absolute atomic E-state index is 10.7. The lowest BCUT2D eigenvalue weighted by Gasteiger charge is -2.46. The zero-order chi connectivity index (χ0) is 19.3. The van der Waals surface area contributed by atoms with Crippen LogP contribution < -0.4 is 0 Å². The van der Waals surface area contributed by atoms with Crippen molar-refractivity contribution in [3.05, 3.63) is 0 Å². The first-order valence-corrected chi connectivity index (χ1v) is 8.40. The van der Waals surface area contributed by atoms with Gasteiger partial charge in [0.2, 0.25) is 5.79 Å². The highest BCUT2D eigenvalue weighted by Gasteiger charge is 2.59. The van der Waals surface area contributed by atoms with Gasteiger partial charge >= 0.3 is 0 Å². The standard InChI is InChI=1S/C15H26O11/c1-14(2)23-5-15(26-14)12(21)11(6(17)4-22-15)25-13-10(20)9(19)8(18)7(3-16)24-13/h6-13,16-21H,3-5H2,1-2H3/t6-,7-,8+,9+,10-,11-,12+,13+,15+/m1/s1. The van der Waals surface area contributed by atoms with Crippen molar-refractivity contribution in [1.82, 2.24) is 0 Å². The molecule has 3 aliphatic rings. The highest BCUT2D eigenvalue weighted by Crippen LogP contribution is 2.40. The predicted molar refractivity (Wildman–Crippen MR) is 80.5 cm³/mol. The summed E-state index contributed by atoms with van der Waals surface area (Å²) in [6.45, 7) is 2.30. The molecule has 3 saturated heterocycles. The van der Waals surface area contributed by atoms with Gasteiger partial charge in [0.1, 0.15) is 49.3 Å². The van der Waals surface area contributed by atoms with Crippen molar-refractivity contribution in [3.8, 4) is 0 Å². The monoisotopic (exact) mass is 382 g/mol. The van der Waals surface area contributed by atoms with E-state index in [0.29, 0.717) is 0 Å². The van der Waals surface area contributed by atoms with Crippen molar-refractivity contribution in [1.29, 1.82) is 0 Å². The Kier molecular flexibility index (Phi) is 5.61. The van der Waals surface area contributed by atoms with Crippen molar-refractivity contribution in [2.45, 2.75) is 74.4 Å². The Morgan fingerprint density at radius 1 is 1.00 bits per heavy atom. The van der Waals surface area contributed by atoms with E-state index in [2.05, 4.69) is 0 Å². The molecule has 0 unspecified atom stereocenters. The van der Waals surface area contributed by atoms with E-state index in [1.54, 1.807) is 13.8 Å². The lowest BCUT2D eigenvalue weighted by atomic mass is 9.96. The van der Waals surface area contributed by atoms with E-state index >= 15 is 0 Å². The Bertz CT molecular complexity index is 500. The van der Waals surface area contributed by atoms with Gasteiger partial charge in [0.05, 0.1) is 13.2 Å². The Balaban J connectivity index is 1.75. The van der Waals surface area contributed by atoms with E-state index < -0.39 is 67.2 Å². The number of rotatable bonds is 3. The van der Waals surface area contributed by atoms with Gasteiger partial charge in [-0.15, -0.1) is 0 Å². The topological polar surface area (TPSA) is 168 Å². The molecule has 3 heterocycles. The maximum atomic E-state index is 10.7. The first kappa shape index (κ1) is 20.3. The third kappa shape index (κ3) is 3.50. The SMILES string of the molecule is CC1(C)OC[C@]2(OC[C@@H](O)[C@@H](O[C@@H]3O[C@H](CO)[C@H](O)[C@H](O)[C@H]3O)[C@@H]2O)O1. The zero-order valence-corrected chi connectivity index (χ0v) is 14.5. The van der Waals surface area contributed by atoms with Crippen LogP contribution in [0.15, 0.2) is 0 Å². The van der Waals surface area contributed by atoms with Crippen LogP contribution in [0.4, 0.5) is 0 Å². The van der Waals surface area contributed by atoms with E-state index in [1.165, 1.54) is 0 Å². The molecule has 11 nitrogen and oxygen atoms in total. The van der Waals surface area contributed by atoms with Crippen LogP contribution in [0, 0.1) is 0 Å². The zero-order valence-electron chi connectivity index (χ0n) is 14.5. The van der Waals surface area contributed by atoms with E-state index in [-0.39, 0.29) is 13.2 Å². The van der Waals surface area contributed by atoms with E-state index in [1.807, 2.05) is 0 Å². The van der Waals surface area contributed by atoms with Gasteiger partial charge in [-0.2, -0.15) is 0 Å². The minimum atomic E-state index is -1.66. The Morgan fingerprint density at radius 2 is 1.69 bits per heavy atom. The number of aliphatic hydroxyl groups excluding tert-OH is 6. The molecule has 0 saturated carbocycles. The predicted octanol–water partition coefficient (Wildman–Crippen LogP) is -3.60. The molecule has 3 fully saturated rings. The Labute approximate surface area is 149 Å². The molecule has 6 N–H and O–H groups in total. The van der Waals surface area contributed by atoms with Crippen molar-refractivity contribution < 1.29 is 54.3 Å². The van der Waals surface area contributed by atoms with Crippen LogP contribution in [0.2, 0.25) is 0 Å². The van der Waals surface area contributed by atoms with Crippen LogP contribution in [-0.2, 0) is 23.7 Å². The van der Waals surface area contributed by atoms with Crippen LogP contribution in [-0.4, -0.2) is 111 Å². The molecule has 0 aromatic rings. The van der Waals surface area contributed by atoms with Gasteiger partial charge in [0.15, 0.2) is 12.1 Å². The van der Waals surface area contributed by atoms with E-state index in [0.717, 1.165) is 0 Å². The van der Waals surface area contributed by atoms with Crippen LogP contribution in [0.1, 0.15) is 13.8 Å². The molecule has 0 radical (unpaired) electrons. The highest BCUT2D eigenvalue weighted by molar-refractivity contribution is 4.98. The van der Waals surface area contributed by atoms with Gasteiger partial charge in [-0.3, -0.25) is 0 Å². The van der Waals surface area contributed by atoms with Crippen molar-refractivity contribution >= 4 is 0 Å². The molecule has 3 rings (SSSR count). The summed E-state index contributed by atoms with van der Waals surface area (Å²) in [6.07, 6.45) is -11.6. The van der Waals surface area contributed by atoms with Gasteiger partial charge in [-0.1, -0.05) is 0 Å². The summed E-state index contributed by atoms with van der Waals surface area (Å²) < 4.78 is 27.3. The second kappa shape index (κ2) is 7.18. The molecule has 3 aliphatic heterocycles. The van der Waals surface area contributed by atoms with E-state index in [4.69, 9.17) is 23.7 Å². The third-order valence-electron chi connectivity index (χ3n) is 4.82. The van der Waals surface area contributed by atoms with Crippen molar-refractivity contribution in [2.75, 3.05) is 19.8 Å². The summed E-state index contributed by atoms with van der Waals surface area (Å²) >= 11 is 0. The third-order valence-corrected chi connectivity index (χ3v) is 4.82. The average molecular weight is 382 g/mol. The summed E-state index contributed by atoms with van der Waals surface area (Å²) in [5.41, 5.74) is 0. The lowest BCUT2D eigenvalue weighted by Crippen LogP contribution is -2.66. The average Bonchev–Trinajstić information content (AvgIpc) is 2.91. The van der Waals surface area contributed by atoms with Crippen LogP contribution in [0.25, 0.3) is 0 Å². The van der Waals surface area contributed by atoms with Gasteiger partial charge in [0, 0.05) is 0 Å². The summed E-state index contributed by atoms with van der Waals surface area (Å²) in [4.78, 5) is 0. The minimum absolute atomic E-state index is 0.109. The molecule has 0 amide bonds. The molecule has 1 spiro atoms. The minimum Gasteiger partial charge on any atom is -0.394 e. The van der Waals surface area contributed by atoms with Crippen LogP contribution in [0.5, 0.6) is 0 Å². The fourth-order valence-corrected chi connectivity index (χ4v) is 3.33. The number of ether oxygens (including phenoxy) is 5. The molecule has 0 aromatic carbocycles. The molecule has 26 heavy (non-hydrogen) atoms. The molecule has 0 aromatic heterocycles. The van der Waals surface area contributed by atoms with Crippen molar-refractivity contribution in [3.63, 3.8) is 0 Å². The molecule has 11 heteroatoms. The largest absolute Gasteiger partial charge is 0.394 e. The van der Waals surface area contributed by atoms with Gasteiger partial charge < -0.3 is 54.3 Å². The number of hydrogen-bond acceptors (Lipinski definition) is 11. The smallest absolute Gasteiger partial charge is 0.224 e.